The van der Waals surface area contributed by atoms with E-state index >= 15 is 0 Å². The third kappa shape index (κ3) is 5.44. The zero-order valence-corrected chi connectivity index (χ0v) is 18.0. The van der Waals surface area contributed by atoms with Gasteiger partial charge in [0, 0.05) is 50.8 Å². The average Bonchev–Trinajstić information content (AvgIpc) is 3.08. The Hall–Kier alpha value is -1.61. The number of aromatic nitrogens is 2. The number of guanidine groups is 1. The maximum absolute atomic E-state index is 6.25. The van der Waals surface area contributed by atoms with Crippen molar-refractivity contribution in [3.8, 4) is 0 Å². The summed E-state index contributed by atoms with van der Waals surface area (Å²) in [6, 6.07) is 8.12. The van der Waals surface area contributed by atoms with Crippen LogP contribution in [0.3, 0.4) is 0 Å². The molecule has 0 aromatic carbocycles. The van der Waals surface area contributed by atoms with Gasteiger partial charge in [0.05, 0.1) is 5.02 Å². The Balaban J connectivity index is 0.00000243. The maximum atomic E-state index is 6.25. The van der Waals surface area contributed by atoms with Crippen molar-refractivity contribution in [1.82, 2.24) is 20.6 Å². The van der Waals surface area contributed by atoms with Gasteiger partial charge < -0.3 is 15.5 Å². The van der Waals surface area contributed by atoms with Crippen LogP contribution in [-0.4, -0.2) is 42.1 Å². The van der Waals surface area contributed by atoms with Crippen LogP contribution in [0.1, 0.15) is 17.7 Å². The summed E-state index contributed by atoms with van der Waals surface area (Å²) in [5.74, 6) is 1.64. The summed E-state index contributed by atoms with van der Waals surface area (Å²) < 4.78 is 0. The van der Waals surface area contributed by atoms with E-state index in [9.17, 15) is 0 Å². The van der Waals surface area contributed by atoms with Crippen molar-refractivity contribution in [2.45, 2.75) is 25.9 Å². The van der Waals surface area contributed by atoms with Crippen molar-refractivity contribution >= 4 is 47.4 Å². The lowest BCUT2D eigenvalue weighted by molar-refractivity contribution is 0.648. The third-order valence-corrected chi connectivity index (χ3v) is 4.52. The third-order valence-electron chi connectivity index (χ3n) is 4.22. The summed E-state index contributed by atoms with van der Waals surface area (Å²) in [6.07, 6.45) is 4.67. The number of aryl methyl sites for hydroxylation is 1. The molecule has 2 aromatic rings. The van der Waals surface area contributed by atoms with E-state index in [-0.39, 0.29) is 24.0 Å². The second kappa shape index (κ2) is 9.91. The molecule has 1 aliphatic rings. The van der Waals surface area contributed by atoms with Gasteiger partial charge in [0.1, 0.15) is 5.82 Å². The molecule has 1 atom stereocenters. The molecule has 6 nitrogen and oxygen atoms in total. The van der Waals surface area contributed by atoms with E-state index in [1.807, 2.05) is 31.3 Å². The number of aliphatic imine (C=N–C) groups is 1. The highest BCUT2D eigenvalue weighted by molar-refractivity contribution is 14.0. The van der Waals surface area contributed by atoms with Crippen LogP contribution >= 0.6 is 35.6 Å². The molecule has 1 unspecified atom stereocenters. The van der Waals surface area contributed by atoms with Gasteiger partial charge in [-0.15, -0.1) is 24.0 Å². The molecular weight excluding hydrogens is 463 g/mol. The van der Waals surface area contributed by atoms with Crippen molar-refractivity contribution in [2.24, 2.45) is 4.99 Å². The maximum Gasteiger partial charge on any atom is 0.191 e. The average molecular weight is 487 g/mol. The number of hydrogen-bond acceptors (Lipinski definition) is 4. The number of nitrogens with zero attached hydrogens (tertiary/aromatic N) is 4. The van der Waals surface area contributed by atoms with E-state index in [0.29, 0.717) is 17.6 Å². The van der Waals surface area contributed by atoms with Crippen molar-refractivity contribution in [2.75, 3.05) is 25.0 Å². The highest BCUT2D eigenvalue weighted by Crippen LogP contribution is 2.25. The molecule has 26 heavy (non-hydrogen) atoms. The Morgan fingerprint density at radius 2 is 2.19 bits per heavy atom. The molecule has 1 saturated heterocycles. The normalized spacial score (nSPS) is 17.0. The van der Waals surface area contributed by atoms with Crippen LogP contribution < -0.4 is 15.5 Å². The summed E-state index contributed by atoms with van der Waals surface area (Å²) in [4.78, 5) is 15.2. The van der Waals surface area contributed by atoms with E-state index in [1.54, 1.807) is 13.2 Å². The lowest BCUT2D eigenvalue weighted by atomic mass is 10.2. The van der Waals surface area contributed by atoms with Gasteiger partial charge in [0.15, 0.2) is 5.96 Å². The first-order valence-corrected chi connectivity index (χ1v) is 8.77. The van der Waals surface area contributed by atoms with Crippen molar-refractivity contribution in [1.29, 1.82) is 0 Å². The van der Waals surface area contributed by atoms with E-state index < -0.39 is 0 Å². The smallest absolute Gasteiger partial charge is 0.191 e. The first kappa shape index (κ1) is 20.7. The first-order valence-electron chi connectivity index (χ1n) is 8.40. The molecule has 0 bridgehead atoms. The van der Waals surface area contributed by atoms with E-state index in [0.717, 1.165) is 42.5 Å². The number of hydrogen-bond donors (Lipinski definition) is 2. The molecule has 140 valence electrons. The van der Waals surface area contributed by atoms with Gasteiger partial charge in [-0.2, -0.15) is 0 Å². The summed E-state index contributed by atoms with van der Waals surface area (Å²) in [5.41, 5.74) is 2.15. The molecule has 0 radical (unpaired) electrons. The second-order valence-corrected chi connectivity index (χ2v) is 6.53. The van der Waals surface area contributed by atoms with Gasteiger partial charge in [-0.3, -0.25) is 9.98 Å². The van der Waals surface area contributed by atoms with Gasteiger partial charge >= 0.3 is 0 Å². The number of anilines is 1. The lowest BCUT2D eigenvalue weighted by Crippen LogP contribution is -2.44. The Labute approximate surface area is 176 Å². The largest absolute Gasteiger partial charge is 0.353 e. The molecule has 2 N–H and O–H groups in total. The van der Waals surface area contributed by atoms with Crippen LogP contribution in [0.15, 0.2) is 41.7 Å². The number of pyridine rings is 2. The van der Waals surface area contributed by atoms with Crippen LogP contribution in [0.25, 0.3) is 0 Å². The minimum Gasteiger partial charge on any atom is -0.353 e. The van der Waals surface area contributed by atoms with Gasteiger partial charge in [0.25, 0.3) is 0 Å². The molecule has 8 heteroatoms. The predicted octanol–water partition coefficient (Wildman–Crippen LogP) is 3.00. The summed E-state index contributed by atoms with van der Waals surface area (Å²) in [6.45, 7) is 4.45. The first-order chi connectivity index (χ1) is 12.2. The van der Waals surface area contributed by atoms with E-state index in [2.05, 4.69) is 36.6 Å². The minimum absolute atomic E-state index is 0. The number of rotatable bonds is 4. The fourth-order valence-corrected chi connectivity index (χ4v) is 3.10. The second-order valence-electron chi connectivity index (χ2n) is 6.12. The summed E-state index contributed by atoms with van der Waals surface area (Å²) >= 11 is 6.25. The van der Waals surface area contributed by atoms with Crippen molar-refractivity contribution in [3.05, 3.63) is 52.9 Å². The Kier molecular flexibility index (Phi) is 7.89. The summed E-state index contributed by atoms with van der Waals surface area (Å²) in [7, 11) is 1.78. The fraction of sp³-hybridized carbons (Fsp3) is 0.389. The minimum atomic E-state index is 0. The van der Waals surface area contributed by atoms with Crippen LogP contribution in [0.4, 0.5) is 5.82 Å². The highest BCUT2D eigenvalue weighted by atomic mass is 127. The van der Waals surface area contributed by atoms with Gasteiger partial charge in [-0.25, -0.2) is 4.98 Å². The van der Waals surface area contributed by atoms with Crippen LogP contribution in [0.2, 0.25) is 5.02 Å². The standard InChI is InChI=1S/C18H23ClN6.HI/c1-13-5-6-14(10-22-13)11-23-18(20-2)24-15-7-9-25(12-15)17-16(19)4-3-8-21-17;/h3-6,8,10,15H,7,9,11-12H2,1-2H3,(H2,20,23,24);1H. The Bertz CT molecular complexity index is 737. The Morgan fingerprint density at radius 1 is 1.35 bits per heavy atom. The molecule has 0 saturated carbocycles. The molecule has 0 aliphatic carbocycles. The number of halogens is 2. The van der Waals surface area contributed by atoms with Crippen molar-refractivity contribution in [3.63, 3.8) is 0 Å². The van der Waals surface area contributed by atoms with Crippen LogP contribution in [-0.2, 0) is 6.54 Å². The SMILES string of the molecule is CN=C(NCc1ccc(C)nc1)NC1CCN(c2ncccc2Cl)C1.I. The summed E-state index contributed by atoms with van der Waals surface area (Å²) in [5, 5.41) is 7.50. The van der Waals surface area contributed by atoms with Gasteiger partial charge in [-0.1, -0.05) is 17.7 Å². The lowest BCUT2D eigenvalue weighted by Gasteiger charge is -2.20. The number of nitrogens with one attached hydrogen (secondary N) is 2. The van der Waals surface area contributed by atoms with E-state index in [4.69, 9.17) is 11.6 Å². The molecular formula is C18H24ClIN6. The monoisotopic (exact) mass is 486 g/mol. The van der Waals surface area contributed by atoms with Gasteiger partial charge in [-0.05, 0) is 37.1 Å². The molecule has 2 aromatic heterocycles. The van der Waals surface area contributed by atoms with Gasteiger partial charge in [0.2, 0.25) is 0 Å². The molecule has 0 amide bonds. The topological polar surface area (TPSA) is 65.4 Å². The quantitative estimate of drug-likeness (QED) is 0.395. The molecule has 3 rings (SSSR count). The molecule has 0 spiro atoms. The zero-order valence-electron chi connectivity index (χ0n) is 14.9. The molecule has 3 heterocycles. The predicted molar refractivity (Wildman–Crippen MR) is 118 cm³/mol. The highest BCUT2D eigenvalue weighted by Gasteiger charge is 2.25. The molecule has 1 fully saturated rings. The van der Waals surface area contributed by atoms with Crippen molar-refractivity contribution < 1.29 is 0 Å². The van der Waals surface area contributed by atoms with Crippen LogP contribution in [0, 0.1) is 6.92 Å². The zero-order chi connectivity index (χ0) is 17.6. The Morgan fingerprint density at radius 3 is 2.88 bits per heavy atom. The van der Waals surface area contributed by atoms with E-state index in [1.165, 1.54) is 0 Å². The fourth-order valence-electron chi connectivity index (χ4n) is 2.86. The van der Waals surface area contributed by atoms with Crippen LogP contribution in [0.5, 0.6) is 0 Å². The molecule has 1 aliphatic heterocycles.